The number of aromatic hydroxyl groups is 1. The molecule has 29 heavy (non-hydrogen) atoms. The maximum Gasteiger partial charge on any atom is 0.338 e. The summed E-state index contributed by atoms with van der Waals surface area (Å²) in [6.07, 6.45) is 1.63. The van der Waals surface area contributed by atoms with Gasteiger partial charge in [-0.2, -0.15) is 15.0 Å². The Bertz CT molecular complexity index is 1020. The molecule has 0 aliphatic heterocycles. The van der Waals surface area contributed by atoms with E-state index in [4.69, 9.17) is 15.2 Å². The molecule has 0 aliphatic carbocycles. The number of nitrogen functional groups attached to an aromatic ring is 1. The number of anilines is 1. The zero-order valence-electron chi connectivity index (χ0n) is 16.8. The lowest BCUT2D eigenvalue weighted by Gasteiger charge is -2.10. The molecule has 0 bridgehead atoms. The first kappa shape index (κ1) is 20.4. The lowest BCUT2D eigenvalue weighted by Crippen LogP contribution is -2.12. The van der Waals surface area contributed by atoms with Crippen LogP contribution in [0.4, 0.5) is 5.82 Å². The molecule has 154 valence electrons. The van der Waals surface area contributed by atoms with E-state index in [9.17, 15) is 9.90 Å². The Morgan fingerprint density at radius 3 is 2.79 bits per heavy atom. The number of nitrogens with two attached hydrogens (primary N) is 1. The second-order valence-corrected chi connectivity index (χ2v) is 6.92. The molecular weight excluding hydrogens is 374 g/mol. The van der Waals surface area contributed by atoms with Crippen LogP contribution in [0, 0.1) is 0 Å². The van der Waals surface area contributed by atoms with E-state index in [0.29, 0.717) is 23.3 Å². The molecule has 0 radical (unpaired) electrons. The fourth-order valence-corrected chi connectivity index (χ4v) is 2.77. The standard InChI is InChI=1S/C20H25N5O4/c1-4-5-9-28-19-23-16(21)15-17(24-19)25(20(27)22-15)11-13-7-6-8-14(10-13)18(26)29-12(2)3/h6-8,10,12H,4-5,9,11H2,1-3H3,(H,22,27)(H2,21,23,24). The second kappa shape index (κ2) is 8.76. The second-order valence-electron chi connectivity index (χ2n) is 6.92. The topological polar surface area (TPSA) is 125 Å². The van der Waals surface area contributed by atoms with Crippen LogP contribution in [0.1, 0.15) is 49.5 Å². The van der Waals surface area contributed by atoms with E-state index >= 15 is 0 Å². The van der Waals surface area contributed by atoms with Gasteiger partial charge in [0.15, 0.2) is 17.0 Å². The molecule has 0 aliphatic rings. The van der Waals surface area contributed by atoms with Gasteiger partial charge < -0.3 is 20.3 Å². The summed E-state index contributed by atoms with van der Waals surface area (Å²) in [5, 5.41) is 10.3. The van der Waals surface area contributed by atoms with Crippen LogP contribution in [0.25, 0.3) is 11.2 Å². The summed E-state index contributed by atoms with van der Waals surface area (Å²) in [4.78, 5) is 24.7. The summed E-state index contributed by atoms with van der Waals surface area (Å²) >= 11 is 0. The van der Waals surface area contributed by atoms with Crippen LogP contribution in [0.3, 0.4) is 0 Å². The third-order valence-electron chi connectivity index (χ3n) is 4.16. The van der Waals surface area contributed by atoms with Gasteiger partial charge in [-0.3, -0.25) is 4.57 Å². The smallest absolute Gasteiger partial charge is 0.338 e. The summed E-state index contributed by atoms with van der Waals surface area (Å²) < 4.78 is 12.3. The molecular formula is C20H25N5O4. The number of fused-ring (bicyclic) bond motifs is 1. The monoisotopic (exact) mass is 399 g/mol. The maximum absolute atomic E-state index is 12.2. The van der Waals surface area contributed by atoms with Gasteiger partial charge in [-0.25, -0.2) is 4.79 Å². The Balaban J connectivity index is 1.91. The molecule has 3 aromatic rings. The van der Waals surface area contributed by atoms with E-state index in [-0.39, 0.29) is 30.5 Å². The van der Waals surface area contributed by atoms with Crippen molar-refractivity contribution in [1.29, 1.82) is 0 Å². The van der Waals surface area contributed by atoms with Gasteiger partial charge in [0.1, 0.15) is 0 Å². The lowest BCUT2D eigenvalue weighted by molar-refractivity contribution is 0.0377. The third kappa shape index (κ3) is 4.74. The molecule has 0 atom stereocenters. The summed E-state index contributed by atoms with van der Waals surface area (Å²) in [6.45, 7) is 6.35. The first-order valence-electron chi connectivity index (χ1n) is 9.54. The number of carbonyl (C=O) groups is 1. The Hall–Kier alpha value is -3.36. The third-order valence-corrected chi connectivity index (χ3v) is 4.16. The van der Waals surface area contributed by atoms with Gasteiger partial charge in [0.2, 0.25) is 0 Å². The molecule has 9 heteroatoms. The number of unbranched alkanes of at least 4 members (excludes halogenated alkanes) is 1. The molecule has 0 amide bonds. The van der Waals surface area contributed by atoms with Gasteiger partial charge in [0.25, 0.3) is 6.01 Å². The van der Waals surface area contributed by atoms with E-state index in [0.717, 1.165) is 18.4 Å². The van der Waals surface area contributed by atoms with Crippen LogP contribution in [-0.4, -0.2) is 43.3 Å². The van der Waals surface area contributed by atoms with E-state index in [1.165, 1.54) is 4.57 Å². The van der Waals surface area contributed by atoms with Gasteiger partial charge in [-0.05, 0) is 38.0 Å². The lowest BCUT2D eigenvalue weighted by atomic mass is 10.1. The van der Waals surface area contributed by atoms with Gasteiger partial charge in [0.05, 0.1) is 24.8 Å². The summed E-state index contributed by atoms with van der Waals surface area (Å²) in [5.41, 5.74) is 7.81. The van der Waals surface area contributed by atoms with Gasteiger partial charge >= 0.3 is 12.0 Å². The number of esters is 1. The van der Waals surface area contributed by atoms with Gasteiger partial charge in [-0.15, -0.1) is 0 Å². The summed E-state index contributed by atoms with van der Waals surface area (Å²) in [7, 11) is 0. The van der Waals surface area contributed by atoms with Crippen molar-refractivity contribution in [3.05, 3.63) is 35.4 Å². The molecule has 2 aromatic heterocycles. The van der Waals surface area contributed by atoms with Crippen molar-refractivity contribution >= 4 is 23.0 Å². The highest BCUT2D eigenvalue weighted by Gasteiger charge is 2.18. The van der Waals surface area contributed by atoms with Crippen molar-refractivity contribution in [3.8, 4) is 12.0 Å². The molecule has 0 unspecified atom stereocenters. The highest BCUT2D eigenvalue weighted by molar-refractivity contribution is 5.89. The van der Waals surface area contributed by atoms with Gasteiger partial charge in [0, 0.05) is 0 Å². The number of ether oxygens (including phenoxy) is 2. The molecule has 1 aromatic carbocycles. The number of benzene rings is 1. The molecule has 0 fully saturated rings. The van der Waals surface area contributed by atoms with E-state index < -0.39 is 5.97 Å². The van der Waals surface area contributed by atoms with Crippen molar-refractivity contribution < 1.29 is 19.4 Å². The first-order valence-corrected chi connectivity index (χ1v) is 9.54. The number of carbonyl (C=O) groups excluding carboxylic acids is 1. The zero-order valence-corrected chi connectivity index (χ0v) is 16.8. The highest BCUT2D eigenvalue weighted by Crippen LogP contribution is 2.26. The van der Waals surface area contributed by atoms with Crippen molar-refractivity contribution in [2.75, 3.05) is 12.3 Å². The van der Waals surface area contributed by atoms with E-state index in [2.05, 4.69) is 21.9 Å². The van der Waals surface area contributed by atoms with Crippen LogP contribution in [0.5, 0.6) is 12.0 Å². The Morgan fingerprint density at radius 1 is 1.28 bits per heavy atom. The Kier molecular flexibility index (Phi) is 6.16. The number of rotatable bonds is 8. The molecule has 0 spiro atoms. The van der Waals surface area contributed by atoms with Crippen molar-refractivity contribution in [2.45, 2.75) is 46.3 Å². The number of nitrogens with zero attached hydrogens (tertiary/aromatic N) is 4. The van der Waals surface area contributed by atoms with Crippen LogP contribution in [0.2, 0.25) is 0 Å². The Labute approximate surface area is 168 Å². The fraction of sp³-hybridized carbons (Fsp3) is 0.400. The molecule has 2 heterocycles. The van der Waals surface area contributed by atoms with Crippen molar-refractivity contribution in [1.82, 2.24) is 19.5 Å². The molecule has 3 N–H and O–H groups in total. The average Bonchev–Trinajstić information content (AvgIpc) is 2.98. The summed E-state index contributed by atoms with van der Waals surface area (Å²) in [6, 6.07) is 6.87. The minimum atomic E-state index is -0.403. The van der Waals surface area contributed by atoms with Crippen LogP contribution in [-0.2, 0) is 11.3 Å². The minimum absolute atomic E-state index is 0.129. The number of imidazole rings is 1. The zero-order chi connectivity index (χ0) is 21.0. The normalized spacial score (nSPS) is 11.2. The SMILES string of the molecule is CCCCOc1nc(N)c2nc(O)n(Cc3cccc(C(=O)OC(C)C)c3)c2n1. The molecule has 0 saturated carbocycles. The number of hydrogen-bond donors (Lipinski definition) is 2. The number of aromatic nitrogens is 4. The van der Waals surface area contributed by atoms with Gasteiger partial charge in [-0.1, -0.05) is 25.5 Å². The minimum Gasteiger partial charge on any atom is -0.480 e. The quantitative estimate of drug-likeness (QED) is 0.437. The predicted octanol–water partition coefficient (Wildman–Crippen LogP) is 2.91. The van der Waals surface area contributed by atoms with Crippen molar-refractivity contribution in [3.63, 3.8) is 0 Å². The highest BCUT2D eigenvalue weighted by atomic mass is 16.5. The maximum atomic E-state index is 12.2. The predicted molar refractivity (Wildman–Crippen MR) is 108 cm³/mol. The average molecular weight is 399 g/mol. The fourth-order valence-electron chi connectivity index (χ4n) is 2.77. The molecule has 0 saturated heterocycles. The van der Waals surface area contributed by atoms with Crippen LogP contribution in [0.15, 0.2) is 24.3 Å². The first-order chi connectivity index (χ1) is 13.9. The Morgan fingerprint density at radius 2 is 2.07 bits per heavy atom. The molecule has 9 nitrogen and oxygen atoms in total. The molecule has 3 rings (SSSR count). The van der Waals surface area contributed by atoms with Crippen molar-refractivity contribution in [2.24, 2.45) is 0 Å². The van der Waals surface area contributed by atoms with E-state index in [1.54, 1.807) is 32.0 Å². The van der Waals surface area contributed by atoms with Crippen LogP contribution < -0.4 is 10.5 Å². The van der Waals surface area contributed by atoms with Crippen LogP contribution >= 0.6 is 0 Å². The summed E-state index contributed by atoms with van der Waals surface area (Å²) in [5.74, 6) is -0.274. The van der Waals surface area contributed by atoms with E-state index in [1.807, 2.05) is 6.07 Å². The largest absolute Gasteiger partial charge is 0.480 e. The number of hydrogen-bond acceptors (Lipinski definition) is 8.